The molecule has 0 saturated carbocycles. The van der Waals surface area contributed by atoms with Crippen LogP contribution in [-0.2, 0) is 6.42 Å². The monoisotopic (exact) mass is 284 g/mol. The van der Waals surface area contributed by atoms with E-state index in [4.69, 9.17) is 8.85 Å². The molecule has 1 aromatic rings. The molecule has 1 aromatic heterocycles. The van der Waals surface area contributed by atoms with Crippen LogP contribution in [-0.4, -0.2) is 26.6 Å². The van der Waals surface area contributed by atoms with Crippen LogP contribution < -0.4 is 8.85 Å². The van der Waals surface area contributed by atoms with E-state index in [1.807, 2.05) is 0 Å². The van der Waals surface area contributed by atoms with Crippen LogP contribution in [0.2, 0.25) is 39.3 Å². The van der Waals surface area contributed by atoms with E-state index in [9.17, 15) is 0 Å². The molecule has 0 unspecified atom stereocenters. The first-order valence-corrected chi connectivity index (χ1v) is 13.2. The SMILES string of the molecule is CCc1c(O[Si](C)(C)C)ncnc1O[Si](C)(C)C. The lowest BCUT2D eigenvalue weighted by molar-refractivity contribution is 0.487. The van der Waals surface area contributed by atoms with Gasteiger partial charge in [0.05, 0.1) is 5.56 Å². The molecule has 1 rings (SSSR count). The third kappa shape index (κ3) is 4.77. The molecule has 0 atom stereocenters. The standard InChI is InChI=1S/C12H24N2O2Si2/c1-8-10-11(15-17(2,3)4)13-9-14-12(10)16-18(5,6)7/h9H,8H2,1-7H3. The van der Waals surface area contributed by atoms with Crippen molar-refractivity contribution in [2.45, 2.75) is 52.6 Å². The van der Waals surface area contributed by atoms with Gasteiger partial charge in [0.25, 0.3) is 0 Å². The zero-order valence-corrected chi connectivity index (χ0v) is 14.5. The van der Waals surface area contributed by atoms with E-state index in [1.165, 1.54) is 6.33 Å². The Labute approximate surface area is 112 Å². The first-order chi connectivity index (χ1) is 8.12. The Morgan fingerprint density at radius 3 is 1.56 bits per heavy atom. The van der Waals surface area contributed by atoms with Crippen molar-refractivity contribution >= 4 is 16.6 Å². The Morgan fingerprint density at radius 1 is 0.889 bits per heavy atom. The van der Waals surface area contributed by atoms with E-state index >= 15 is 0 Å². The first kappa shape index (κ1) is 15.2. The van der Waals surface area contributed by atoms with Crippen molar-refractivity contribution in [2.75, 3.05) is 0 Å². The summed E-state index contributed by atoms with van der Waals surface area (Å²) in [6, 6.07) is 0. The van der Waals surface area contributed by atoms with Gasteiger partial charge in [-0.15, -0.1) is 0 Å². The van der Waals surface area contributed by atoms with Gasteiger partial charge < -0.3 is 8.85 Å². The maximum Gasteiger partial charge on any atom is 0.244 e. The number of hydrogen-bond acceptors (Lipinski definition) is 4. The molecule has 0 spiro atoms. The molecule has 0 aliphatic carbocycles. The maximum absolute atomic E-state index is 6.00. The molecular formula is C12H24N2O2Si2. The Hall–Kier alpha value is -0.886. The molecule has 4 nitrogen and oxygen atoms in total. The van der Waals surface area contributed by atoms with Gasteiger partial charge in [0, 0.05) is 0 Å². The fourth-order valence-electron chi connectivity index (χ4n) is 1.44. The molecule has 0 radical (unpaired) electrons. The highest BCUT2D eigenvalue weighted by Crippen LogP contribution is 2.28. The minimum absolute atomic E-state index is 0.694. The van der Waals surface area contributed by atoms with Gasteiger partial charge in [-0.2, -0.15) is 0 Å². The summed E-state index contributed by atoms with van der Waals surface area (Å²) >= 11 is 0. The van der Waals surface area contributed by atoms with E-state index in [1.54, 1.807) is 0 Å². The van der Waals surface area contributed by atoms with Gasteiger partial charge in [-0.05, 0) is 45.7 Å². The number of aromatic nitrogens is 2. The predicted octanol–water partition coefficient (Wildman–Crippen LogP) is 3.47. The van der Waals surface area contributed by atoms with Gasteiger partial charge in [-0.25, -0.2) is 9.97 Å². The highest BCUT2D eigenvalue weighted by atomic mass is 28.4. The van der Waals surface area contributed by atoms with Crippen LogP contribution in [0.1, 0.15) is 12.5 Å². The summed E-state index contributed by atoms with van der Waals surface area (Å²) in [5.74, 6) is 1.39. The second-order valence-electron chi connectivity index (χ2n) is 6.24. The molecule has 0 N–H and O–H groups in total. The number of hydrogen-bond donors (Lipinski definition) is 0. The highest BCUT2D eigenvalue weighted by molar-refractivity contribution is 6.70. The third-order valence-electron chi connectivity index (χ3n) is 2.03. The second kappa shape index (κ2) is 5.40. The smallest absolute Gasteiger partial charge is 0.244 e. The summed E-state index contributed by atoms with van der Waals surface area (Å²) in [6.45, 7) is 15.0. The minimum atomic E-state index is -1.66. The lowest BCUT2D eigenvalue weighted by Crippen LogP contribution is -2.32. The third-order valence-corrected chi connectivity index (χ3v) is 3.64. The maximum atomic E-state index is 6.00. The van der Waals surface area contributed by atoms with Crippen molar-refractivity contribution in [1.82, 2.24) is 9.97 Å². The van der Waals surface area contributed by atoms with Crippen LogP contribution in [0.15, 0.2) is 6.33 Å². The van der Waals surface area contributed by atoms with Crippen LogP contribution in [0.3, 0.4) is 0 Å². The fraction of sp³-hybridized carbons (Fsp3) is 0.667. The summed E-state index contributed by atoms with van der Waals surface area (Å²) in [4.78, 5) is 8.52. The quantitative estimate of drug-likeness (QED) is 0.777. The number of nitrogens with zero attached hydrogens (tertiary/aromatic N) is 2. The summed E-state index contributed by atoms with van der Waals surface area (Å²) in [6.07, 6.45) is 2.35. The lowest BCUT2D eigenvalue weighted by atomic mass is 10.2. The van der Waals surface area contributed by atoms with Crippen molar-refractivity contribution in [2.24, 2.45) is 0 Å². The molecule has 0 aliphatic rings. The topological polar surface area (TPSA) is 44.2 Å². The molecule has 0 fully saturated rings. The molecular weight excluding hydrogens is 260 g/mol. The molecule has 102 valence electrons. The first-order valence-electron chi connectivity index (χ1n) is 6.34. The zero-order chi connectivity index (χ0) is 14.0. The van der Waals surface area contributed by atoms with Gasteiger partial charge in [0.15, 0.2) is 0 Å². The lowest BCUT2D eigenvalue weighted by Gasteiger charge is -2.24. The summed E-state index contributed by atoms with van der Waals surface area (Å²) in [7, 11) is -3.32. The van der Waals surface area contributed by atoms with Crippen molar-refractivity contribution in [3.63, 3.8) is 0 Å². The zero-order valence-electron chi connectivity index (χ0n) is 12.5. The molecule has 18 heavy (non-hydrogen) atoms. The Balaban J connectivity index is 3.10. The molecule has 6 heteroatoms. The van der Waals surface area contributed by atoms with Gasteiger partial charge in [0.1, 0.15) is 6.33 Å². The van der Waals surface area contributed by atoms with E-state index in [0.29, 0.717) is 11.8 Å². The van der Waals surface area contributed by atoms with Crippen molar-refractivity contribution in [3.05, 3.63) is 11.9 Å². The van der Waals surface area contributed by atoms with Gasteiger partial charge in [-0.1, -0.05) is 6.92 Å². The molecule has 1 heterocycles. The minimum Gasteiger partial charge on any atom is -0.531 e. The summed E-state index contributed by atoms with van der Waals surface area (Å²) < 4.78 is 12.0. The van der Waals surface area contributed by atoms with Crippen molar-refractivity contribution in [1.29, 1.82) is 0 Å². The van der Waals surface area contributed by atoms with Crippen LogP contribution >= 0.6 is 0 Å². The summed E-state index contributed by atoms with van der Waals surface area (Å²) in [5, 5.41) is 0. The van der Waals surface area contributed by atoms with Crippen molar-refractivity contribution < 1.29 is 8.85 Å². The molecule has 0 aliphatic heterocycles. The van der Waals surface area contributed by atoms with Crippen LogP contribution in [0.5, 0.6) is 11.8 Å². The fourth-order valence-corrected chi connectivity index (χ4v) is 2.95. The van der Waals surface area contributed by atoms with E-state index in [-0.39, 0.29) is 0 Å². The Bertz CT molecular complexity index is 377. The molecule has 0 amide bonds. The second-order valence-corrected chi connectivity index (χ2v) is 15.1. The number of rotatable bonds is 5. The Morgan fingerprint density at radius 2 is 1.28 bits per heavy atom. The molecule has 0 bridgehead atoms. The van der Waals surface area contributed by atoms with E-state index in [0.717, 1.165) is 12.0 Å². The largest absolute Gasteiger partial charge is 0.531 e. The van der Waals surface area contributed by atoms with Gasteiger partial charge in [-0.3, -0.25) is 0 Å². The average molecular weight is 285 g/mol. The van der Waals surface area contributed by atoms with Gasteiger partial charge >= 0.3 is 0 Å². The van der Waals surface area contributed by atoms with E-state index < -0.39 is 16.6 Å². The normalized spacial score (nSPS) is 12.4. The van der Waals surface area contributed by atoms with Crippen LogP contribution in [0.4, 0.5) is 0 Å². The van der Waals surface area contributed by atoms with Crippen molar-refractivity contribution in [3.8, 4) is 11.8 Å². The summed E-state index contributed by atoms with van der Waals surface area (Å²) in [5.41, 5.74) is 0.988. The predicted molar refractivity (Wildman–Crippen MR) is 79.4 cm³/mol. The van der Waals surface area contributed by atoms with Crippen LogP contribution in [0, 0.1) is 0 Å². The molecule has 0 aromatic carbocycles. The van der Waals surface area contributed by atoms with Gasteiger partial charge in [0.2, 0.25) is 28.4 Å². The van der Waals surface area contributed by atoms with Crippen LogP contribution in [0.25, 0.3) is 0 Å². The Kier molecular flexibility index (Phi) is 4.55. The molecule has 0 saturated heterocycles. The average Bonchev–Trinajstić information content (AvgIpc) is 2.12. The van der Waals surface area contributed by atoms with E-state index in [2.05, 4.69) is 56.2 Å². The highest BCUT2D eigenvalue weighted by Gasteiger charge is 2.24.